The van der Waals surface area contributed by atoms with Crippen LogP contribution < -0.4 is 16.6 Å². The van der Waals surface area contributed by atoms with Gasteiger partial charge in [-0.3, -0.25) is 5.43 Å². The van der Waals surface area contributed by atoms with Crippen LogP contribution in [0.3, 0.4) is 0 Å². The summed E-state index contributed by atoms with van der Waals surface area (Å²) in [6, 6.07) is 0. The van der Waals surface area contributed by atoms with Crippen molar-refractivity contribution < 1.29 is 0 Å². The van der Waals surface area contributed by atoms with Crippen molar-refractivity contribution in [1.29, 1.82) is 0 Å². The third-order valence-electron chi connectivity index (χ3n) is 1.95. The number of anilines is 2. The molecule has 0 spiro atoms. The first kappa shape index (κ1) is 12.0. The summed E-state index contributed by atoms with van der Waals surface area (Å²) in [5.74, 6) is 6.07. The Kier molecular flexibility index (Phi) is 3.72. The summed E-state index contributed by atoms with van der Waals surface area (Å²) in [6.07, 6.45) is 1.49. The average molecular weight is 271 g/mol. The summed E-state index contributed by atoms with van der Waals surface area (Å²) < 4.78 is 0. The van der Waals surface area contributed by atoms with Crippen molar-refractivity contribution in [2.75, 3.05) is 10.7 Å². The smallest absolute Gasteiger partial charge is 0.239 e. The van der Waals surface area contributed by atoms with Gasteiger partial charge in [-0.05, 0) is 6.92 Å². The number of hydrogen-bond acceptors (Lipinski definition) is 7. The van der Waals surface area contributed by atoms with Gasteiger partial charge in [-0.15, -0.1) is 11.3 Å². The molecule has 0 bridgehead atoms. The third-order valence-corrected chi connectivity index (χ3v) is 3.19. The molecular formula is C9H11ClN6S. The molecule has 0 unspecified atom stereocenters. The van der Waals surface area contributed by atoms with Gasteiger partial charge in [-0.2, -0.15) is 4.98 Å². The van der Waals surface area contributed by atoms with Crippen LogP contribution in [0.2, 0.25) is 5.02 Å². The van der Waals surface area contributed by atoms with Gasteiger partial charge in [0, 0.05) is 11.1 Å². The van der Waals surface area contributed by atoms with Crippen molar-refractivity contribution in [3.63, 3.8) is 0 Å². The number of nitrogens with one attached hydrogen (secondary N) is 2. The Bertz CT molecular complexity index is 514. The van der Waals surface area contributed by atoms with Gasteiger partial charge in [0.05, 0.1) is 12.7 Å². The maximum atomic E-state index is 5.95. The summed E-state index contributed by atoms with van der Waals surface area (Å²) in [4.78, 5) is 12.3. The lowest BCUT2D eigenvalue weighted by atomic mass is 10.5. The number of aryl methyl sites for hydroxylation is 1. The zero-order valence-electron chi connectivity index (χ0n) is 9.07. The number of aromatic nitrogens is 3. The predicted molar refractivity (Wildman–Crippen MR) is 69.0 cm³/mol. The van der Waals surface area contributed by atoms with Crippen molar-refractivity contribution >= 4 is 34.7 Å². The minimum atomic E-state index is 0.312. The van der Waals surface area contributed by atoms with Crippen molar-refractivity contribution in [3.05, 3.63) is 27.3 Å². The molecule has 2 heterocycles. The van der Waals surface area contributed by atoms with Crippen molar-refractivity contribution in [2.24, 2.45) is 5.84 Å². The molecular weight excluding hydrogens is 260 g/mol. The lowest BCUT2D eigenvalue weighted by Crippen LogP contribution is -2.12. The molecule has 2 rings (SSSR count). The fraction of sp³-hybridized carbons (Fsp3) is 0.222. The molecule has 0 radical (unpaired) electrons. The van der Waals surface area contributed by atoms with E-state index in [0.717, 1.165) is 10.7 Å². The maximum absolute atomic E-state index is 5.95. The van der Waals surface area contributed by atoms with Gasteiger partial charge in [0.15, 0.2) is 5.82 Å². The largest absolute Gasteiger partial charge is 0.362 e. The van der Waals surface area contributed by atoms with Crippen molar-refractivity contribution in [3.8, 4) is 0 Å². The van der Waals surface area contributed by atoms with Crippen LogP contribution in [-0.4, -0.2) is 15.0 Å². The fourth-order valence-electron chi connectivity index (χ4n) is 1.20. The number of thiazole rings is 1. The van der Waals surface area contributed by atoms with E-state index in [9.17, 15) is 0 Å². The molecule has 8 heteroatoms. The fourth-order valence-corrected chi connectivity index (χ4v) is 2.07. The topological polar surface area (TPSA) is 88.8 Å². The van der Waals surface area contributed by atoms with E-state index in [1.54, 1.807) is 11.3 Å². The SMILES string of the molecule is Cc1csc(CNc2nc(NN)ncc2Cl)n1. The van der Waals surface area contributed by atoms with E-state index in [2.05, 4.69) is 25.7 Å². The van der Waals surface area contributed by atoms with E-state index in [4.69, 9.17) is 17.4 Å². The van der Waals surface area contributed by atoms with E-state index in [1.165, 1.54) is 6.20 Å². The Hall–Kier alpha value is -1.44. The molecule has 0 amide bonds. The van der Waals surface area contributed by atoms with Crippen LogP contribution in [-0.2, 0) is 6.54 Å². The molecule has 0 aromatic carbocycles. The first-order valence-electron chi connectivity index (χ1n) is 4.83. The molecule has 2 aromatic rings. The van der Waals surface area contributed by atoms with Gasteiger partial charge in [0.2, 0.25) is 5.95 Å². The second-order valence-corrected chi connectivity index (χ2v) is 4.62. The van der Waals surface area contributed by atoms with Gasteiger partial charge >= 0.3 is 0 Å². The number of hydrogen-bond donors (Lipinski definition) is 3. The number of nitrogen functional groups attached to an aromatic ring is 1. The lowest BCUT2D eigenvalue weighted by molar-refractivity contribution is 1.04. The van der Waals surface area contributed by atoms with Crippen LogP contribution in [0.5, 0.6) is 0 Å². The van der Waals surface area contributed by atoms with Gasteiger partial charge < -0.3 is 5.32 Å². The molecule has 90 valence electrons. The molecule has 0 atom stereocenters. The number of hydrazine groups is 1. The first-order chi connectivity index (χ1) is 8.19. The Morgan fingerprint density at radius 3 is 2.94 bits per heavy atom. The molecule has 0 fully saturated rings. The van der Waals surface area contributed by atoms with Crippen LogP contribution in [0.15, 0.2) is 11.6 Å². The minimum absolute atomic E-state index is 0.312. The van der Waals surface area contributed by atoms with Gasteiger partial charge in [0.1, 0.15) is 10.0 Å². The monoisotopic (exact) mass is 270 g/mol. The highest BCUT2D eigenvalue weighted by atomic mass is 35.5. The van der Waals surface area contributed by atoms with Crippen LogP contribution in [0.4, 0.5) is 11.8 Å². The Balaban J connectivity index is 2.07. The quantitative estimate of drug-likeness (QED) is 0.580. The number of rotatable bonds is 4. The molecule has 0 saturated carbocycles. The van der Waals surface area contributed by atoms with Crippen molar-refractivity contribution in [2.45, 2.75) is 13.5 Å². The third kappa shape index (κ3) is 3.02. The number of nitrogens with two attached hydrogens (primary N) is 1. The molecule has 0 aliphatic carbocycles. The molecule has 0 aliphatic rings. The highest BCUT2D eigenvalue weighted by Crippen LogP contribution is 2.20. The molecule has 2 aromatic heterocycles. The van der Waals surface area contributed by atoms with Crippen LogP contribution >= 0.6 is 22.9 Å². The van der Waals surface area contributed by atoms with E-state index in [0.29, 0.717) is 23.3 Å². The van der Waals surface area contributed by atoms with Gasteiger partial charge in [0.25, 0.3) is 0 Å². The van der Waals surface area contributed by atoms with Gasteiger partial charge in [-0.25, -0.2) is 15.8 Å². The Morgan fingerprint density at radius 1 is 1.47 bits per heavy atom. The summed E-state index contributed by atoms with van der Waals surface area (Å²) in [6.45, 7) is 2.52. The van der Waals surface area contributed by atoms with Crippen LogP contribution in [0.1, 0.15) is 10.7 Å². The summed E-state index contributed by atoms with van der Waals surface area (Å²) >= 11 is 7.54. The zero-order valence-corrected chi connectivity index (χ0v) is 10.6. The maximum Gasteiger partial charge on any atom is 0.239 e. The normalized spacial score (nSPS) is 10.3. The van der Waals surface area contributed by atoms with E-state index in [1.807, 2.05) is 12.3 Å². The van der Waals surface area contributed by atoms with Gasteiger partial charge in [-0.1, -0.05) is 11.6 Å². The van der Waals surface area contributed by atoms with Crippen LogP contribution in [0, 0.1) is 6.92 Å². The van der Waals surface area contributed by atoms with E-state index >= 15 is 0 Å². The standard InChI is InChI=1S/C9H11ClN6S/c1-5-4-17-7(14-5)3-12-8-6(10)2-13-9(15-8)16-11/h2,4H,3,11H2,1H3,(H2,12,13,15,16). The lowest BCUT2D eigenvalue weighted by Gasteiger charge is -2.06. The molecule has 6 nitrogen and oxygen atoms in total. The summed E-state index contributed by atoms with van der Waals surface area (Å²) in [5.41, 5.74) is 3.37. The molecule has 0 saturated heterocycles. The first-order valence-corrected chi connectivity index (χ1v) is 6.09. The van der Waals surface area contributed by atoms with Crippen molar-refractivity contribution in [1.82, 2.24) is 15.0 Å². The average Bonchev–Trinajstić information content (AvgIpc) is 2.74. The highest BCUT2D eigenvalue weighted by Gasteiger charge is 2.05. The highest BCUT2D eigenvalue weighted by molar-refractivity contribution is 7.09. The summed E-state index contributed by atoms with van der Waals surface area (Å²) in [5, 5.41) is 6.49. The predicted octanol–water partition coefficient (Wildman–Crippen LogP) is 1.79. The second-order valence-electron chi connectivity index (χ2n) is 3.27. The second kappa shape index (κ2) is 5.26. The molecule has 4 N–H and O–H groups in total. The minimum Gasteiger partial charge on any atom is -0.362 e. The van der Waals surface area contributed by atoms with E-state index in [-0.39, 0.29) is 0 Å². The number of halogens is 1. The molecule has 0 aliphatic heterocycles. The Labute approximate surface area is 107 Å². The number of nitrogens with zero attached hydrogens (tertiary/aromatic N) is 3. The molecule has 17 heavy (non-hydrogen) atoms. The zero-order chi connectivity index (χ0) is 12.3. The summed E-state index contributed by atoms with van der Waals surface area (Å²) in [7, 11) is 0. The Morgan fingerprint density at radius 2 is 2.29 bits per heavy atom. The van der Waals surface area contributed by atoms with E-state index < -0.39 is 0 Å². The van der Waals surface area contributed by atoms with Crippen LogP contribution in [0.25, 0.3) is 0 Å².